The molecular formula is C22H34O3. The Balaban J connectivity index is 2.53. The van der Waals surface area contributed by atoms with E-state index in [2.05, 4.69) is 13.5 Å². The third-order valence-electron chi connectivity index (χ3n) is 4.26. The number of rotatable bonds is 15. The zero-order valence-corrected chi connectivity index (χ0v) is 16.0. The fraction of sp³-hybridized carbons (Fsp3) is 0.591. The number of ether oxygens (including phenoxy) is 2. The van der Waals surface area contributed by atoms with Crippen LogP contribution in [0.3, 0.4) is 0 Å². The van der Waals surface area contributed by atoms with Crippen molar-refractivity contribution in [1.29, 1.82) is 0 Å². The fourth-order valence-electron chi connectivity index (χ4n) is 2.88. The van der Waals surface area contributed by atoms with Gasteiger partial charge in [-0.3, -0.25) is 4.79 Å². The third-order valence-corrected chi connectivity index (χ3v) is 4.26. The summed E-state index contributed by atoms with van der Waals surface area (Å²) in [4.78, 5) is 11.0. The molecule has 0 aliphatic heterocycles. The van der Waals surface area contributed by atoms with E-state index in [4.69, 9.17) is 9.47 Å². The Kier molecular flexibility index (Phi) is 11.5. The maximum absolute atomic E-state index is 11.0. The normalized spacial score (nSPS) is 11.8. The van der Waals surface area contributed by atoms with Gasteiger partial charge in [-0.15, -0.1) is 6.58 Å². The molecule has 1 atom stereocenters. The van der Waals surface area contributed by atoms with Crippen LogP contribution in [0.25, 0.3) is 0 Å². The lowest BCUT2D eigenvalue weighted by atomic mass is 10.0. The van der Waals surface area contributed by atoms with Crippen LogP contribution in [0.15, 0.2) is 30.9 Å². The van der Waals surface area contributed by atoms with E-state index in [-0.39, 0.29) is 6.10 Å². The Bertz CT molecular complexity index is 496. The Labute approximate surface area is 153 Å². The molecule has 0 aliphatic rings. The summed E-state index contributed by atoms with van der Waals surface area (Å²) in [6.45, 7) is 8.57. The highest BCUT2D eigenvalue weighted by molar-refractivity contribution is 5.76. The first-order valence-corrected chi connectivity index (χ1v) is 9.74. The molecule has 1 unspecified atom stereocenters. The number of carbonyl (C=O) groups is 1. The number of carbonyl (C=O) groups excluding carboxylic acids is 1. The van der Waals surface area contributed by atoms with Gasteiger partial charge in [-0.2, -0.15) is 0 Å². The maximum Gasteiger partial charge on any atom is 0.161 e. The van der Waals surface area contributed by atoms with Crippen molar-refractivity contribution in [1.82, 2.24) is 0 Å². The molecule has 3 heteroatoms. The number of hydrogen-bond acceptors (Lipinski definition) is 3. The average molecular weight is 347 g/mol. The van der Waals surface area contributed by atoms with Crippen molar-refractivity contribution in [2.24, 2.45) is 0 Å². The summed E-state index contributed by atoms with van der Waals surface area (Å²) in [5, 5.41) is 0. The molecule has 0 aliphatic carbocycles. The second kappa shape index (κ2) is 13.5. The quantitative estimate of drug-likeness (QED) is 0.210. The predicted molar refractivity (Wildman–Crippen MR) is 105 cm³/mol. The van der Waals surface area contributed by atoms with Crippen molar-refractivity contribution in [3.63, 3.8) is 0 Å². The Hall–Kier alpha value is -1.77. The lowest BCUT2D eigenvalue weighted by Gasteiger charge is -2.20. The van der Waals surface area contributed by atoms with Crippen LogP contribution in [0.1, 0.15) is 82.0 Å². The van der Waals surface area contributed by atoms with Crippen molar-refractivity contribution in [2.75, 3.05) is 6.61 Å². The highest BCUT2D eigenvalue weighted by atomic mass is 16.5. The smallest absolute Gasteiger partial charge is 0.161 e. The minimum absolute atomic E-state index is 0.106. The fourth-order valence-corrected chi connectivity index (χ4v) is 2.88. The summed E-state index contributed by atoms with van der Waals surface area (Å²) in [6, 6.07) is 5.34. The van der Waals surface area contributed by atoms with E-state index in [1.807, 2.05) is 19.1 Å². The number of hydrogen-bond donors (Lipinski definition) is 0. The predicted octanol–water partition coefficient (Wildman–Crippen LogP) is 6.36. The van der Waals surface area contributed by atoms with Gasteiger partial charge < -0.3 is 9.47 Å². The number of benzene rings is 1. The van der Waals surface area contributed by atoms with Crippen molar-refractivity contribution in [3.05, 3.63) is 36.4 Å². The van der Waals surface area contributed by atoms with Crippen LogP contribution in [0.5, 0.6) is 11.5 Å². The topological polar surface area (TPSA) is 35.5 Å². The van der Waals surface area contributed by atoms with Gasteiger partial charge in [0.1, 0.15) is 12.4 Å². The van der Waals surface area contributed by atoms with Crippen molar-refractivity contribution in [2.45, 2.75) is 77.7 Å². The molecule has 140 valence electrons. The van der Waals surface area contributed by atoms with Crippen LogP contribution >= 0.6 is 0 Å². The molecule has 0 saturated heterocycles. The average Bonchev–Trinajstić information content (AvgIpc) is 2.62. The van der Waals surface area contributed by atoms with Crippen molar-refractivity contribution < 1.29 is 14.3 Å². The van der Waals surface area contributed by atoms with Crippen LogP contribution < -0.4 is 9.47 Å². The van der Waals surface area contributed by atoms with Gasteiger partial charge in [0.25, 0.3) is 0 Å². The molecule has 0 radical (unpaired) electrons. The zero-order valence-electron chi connectivity index (χ0n) is 16.0. The molecule has 0 N–H and O–H groups in total. The highest BCUT2D eigenvalue weighted by Crippen LogP contribution is 2.30. The van der Waals surface area contributed by atoms with E-state index in [1.54, 1.807) is 12.1 Å². The molecule has 25 heavy (non-hydrogen) atoms. The first-order valence-electron chi connectivity index (χ1n) is 9.74. The first kappa shape index (κ1) is 21.3. The number of aldehydes is 1. The van der Waals surface area contributed by atoms with Crippen LogP contribution in [-0.2, 0) is 0 Å². The minimum atomic E-state index is 0.106. The van der Waals surface area contributed by atoms with Gasteiger partial charge in [0.05, 0.1) is 6.61 Å². The SMILES string of the molecule is C=CCC(CCCCCCCCC)Oc1ccc(C=O)cc1OCC. The van der Waals surface area contributed by atoms with Gasteiger partial charge in [0, 0.05) is 12.0 Å². The molecule has 0 spiro atoms. The van der Waals surface area contributed by atoms with E-state index in [0.29, 0.717) is 23.7 Å². The first-order chi connectivity index (χ1) is 12.2. The van der Waals surface area contributed by atoms with Gasteiger partial charge in [-0.25, -0.2) is 0 Å². The van der Waals surface area contributed by atoms with Gasteiger partial charge in [0.2, 0.25) is 0 Å². The molecule has 0 heterocycles. The number of unbranched alkanes of at least 4 members (excludes halogenated alkanes) is 6. The zero-order chi connectivity index (χ0) is 18.3. The third kappa shape index (κ3) is 8.76. The molecular weight excluding hydrogens is 312 g/mol. The Morgan fingerprint density at radius 1 is 1.04 bits per heavy atom. The summed E-state index contributed by atoms with van der Waals surface area (Å²) in [7, 11) is 0. The van der Waals surface area contributed by atoms with Gasteiger partial charge in [0.15, 0.2) is 11.5 Å². The van der Waals surface area contributed by atoms with E-state index < -0.39 is 0 Å². The van der Waals surface area contributed by atoms with Gasteiger partial charge in [-0.1, -0.05) is 51.5 Å². The Morgan fingerprint density at radius 3 is 2.40 bits per heavy atom. The van der Waals surface area contributed by atoms with Gasteiger partial charge in [-0.05, 0) is 38.0 Å². The summed E-state index contributed by atoms with van der Waals surface area (Å²) in [5.41, 5.74) is 0.600. The van der Waals surface area contributed by atoms with Crippen molar-refractivity contribution >= 4 is 6.29 Å². The van der Waals surface area contributed by atoms with Crippen molar-refractivity contribution in [3.8, 4) is 11.5 Å². The monoisotopic (exact) mass is 346 g/mol. The summed E-state index contributed by atoms with van der Waals surface area (Å²) in [6.07, 6.45) is 13.7. The molecule has 0 aromatic heterocycles. The molecule has 0 fully saturated rings. The molecule has 0 saturated carbocycles. The highest BCUT2D eigenvalue weighted by Gasteiger charge is 2.13. The molecule has 1 aromatic rings. The Morgan fingerprint density at radius 2 is 1.76 bits per heavy atom. The van der Waals surface area contributed by atoms with Crippen LogP contribution in [0.4, 0.5) is 0 Å². The van der Waals surface area contributed by atoms with Crippen LogP contribution in [-0.4, -0.2) is 19.0 Å². The standard InChI is InChI=1S/C22H34O3/c1-4-7-8-9-10-11-12-14-20(13-5-2)25-21-16-15-19(18-23)17-22(21)24-6-3/h5,15-18,20H,2,4,6-14H2,1,3H3. The molecule has 0 bridgehead atoms. The minimum Gasteiger partial charge on any atom is -0.490 e. The summed E-state index contributed by atoms with van der Waals surface area (Å²) in [5.74, 6) is 1.35. The molecule has 1 aromatic carbocycles. The van der Waals surface area contributed by atoms with E-state index in [1.165, 1.54) is 44.9 Å². The van der Waals surface area contributed by atoms with Crippen LogP contribution in [0.2, 0.25) is 0 Å². The lowest BCUT2D eigenvalue weighted by molar-refractivity contribution is 0.112. The van der Waals surface area contributed by atoms with Gasteiger partial charge >= 0.3 is 0 Å². The van der Waals surface area contributed by atoms with Crippen LogP contribution in [0, 0.1) is 0 Å². The summed E-state index contributed by atoms with van der Waals surface area (Å²) < 4.78 is 11.8. The molecule has 3 nitrogen and oxygen atoms in total. The second-order valence-electron chi connectivity index (χ2n) is 6.43. The van der Waals surface area contributed by atoms with E-state index in [0.717, 1.165) is 19.1 Å². The van der Waals surface area contributed by atoms with E-state index >= 15 is 0 Å². The molecule has 0 amide bonds. The maximum atomic E-state index is 11.0. The second-order valence-corrected chi connectivity index (χ2v) is 6.43. The lowest BCUT2D eigenvalue weighted by Crippen LogP contribution is -2.16. The summed E-state index contributed by atoms with van der Waals surface area (Å²) >= 11 is 0. The van der Waals surface area contributed by atoms with E-state index in [9.17, 15) is 4.79 Å². The molecule has 1 rings (SSSR count). The largest absolute Gasteiger partial charge is 0.490 e.